The molecule has 1 aliphatic carbocycles. The summed E-state index contributed by atoms with van der Waals surface area (Å²) in [4.78, 5) is 11.0. The molecule has 14 heavy (non-hydrogen) atoms. The van der Waals surface area contributed by atoms with Gasteiger partial charge in [-0.3, -0.25) is 4.79 Å². The molecule has 0 saturated heterocycles. The third-order valence-electron chi connectivity index (χ3n) is 3.44. The summed E-state index contributed by atoms with van der Waals surface area (Å²) < 4.78 is 4.60. The van der Waals surface area contributed by atoms with Crippen LogP contribution in [0.25, 0.3) is 0 Å². The Labute approximate surface area is 86.2 Å². The highest BCUT2D eigenvalue weighted by Gasteiger charge is 2.26. The van der Waals surface area contributed by atoms with Gasteiger partial charge >= 0.3 is 5.97 Å². The Kier molecular flexibility index (Phi) is 4.39. The normalized spacial score (nSPS) is 32.6. The van der Waals surface area contributed by atoms with Crippen molar-refractivity contribution in [3.05, 3.63) is 0 Å². The minimum Gasteiger partial charge on any atom is -0.468 e. The van der Waals surface area contributed by atoms with Crippen LogP contribution in [0.3, 0.4) is 0 Å². The molecule has 0 heterocycles. The van der Waals surface area contributed by atoms with Crippen LogP contribution in [-0.2, 0) is 9.53 Å². The van der Waals surface area contributed by atoms with Crippen molar-refractivity contribution < 1.29 is 9.53 Å². The molecule has 0 aromatic carbocycles. The summed E-state index contributed by atoms with van der Waals surface area (Å²) in [7, 11) is 1.43. The van der Waals surface area contributed by atoms with Gasteiger partial charge in [-0.2, -0.15) is 0 Å². The van der Waals surface area contributed by atoms with Crippen LogP contribution >= 0.6 is 0 Å². The molecule has 1 N–H and O–H groups in total. The first kappa shape index (κ1) is 11.5. The third kappa shape index (κ3) is 2.98. The van der Waals surface area contributed by atoms with Crippen LogP contribution < -0.4 is 5.32 Å². The van der Waals surface area contributed by atoms with E-state index in [2.05, 4.69) is 23.9 Å². The molecule has 3 atom stereocenters. The molecule has 1 aliphatic rings. The highest BCUT2D eigenvalue weighted by atomic mass is 16.5. The molecule has 3 unspecified atom stereocenters. The molecule has 3 nitrogen and oxygen atoms in total. The highest BCUT2D eigenvalue weighted by molar-refractivity contribution is 5.71. The second-order valence-electron chi connectivity index (χ2n) is 4.33. The molecule has 1 rings (SSSR count). The van der Waals surface area contributed by atoms with Gasteiger partial charge in [-0.05, 0) is 18.3 Å². The van der Waals surface area contributed by atoms with Crippen molar-refractivity contribution in [3.8, 4) is 0 Å². The standard InChI is InChI=1S/C11H21NO2/c1-8-5-4-6-10(9(8)2)12-7-11(13)14-3/h8-10,12H,4-7H2,1-3H3. The predicted octanol–water partition coefficient (Wildman–Crippen LogP) is 1.57. The van der Waals surface area contributed by atoms with Gasteiger partial charge in [0, 0.05) is 6.04 Å². The number of hydrogen-bond acceptors (Lipinski definition) is 3. The van der Waals surface area contributed by atoms with Gasteiger partial charge in [-0.25, -0.2) is 0 Å². The van der Waals surface area contributed by atoms with E-state index in [0.29, 0.717) is 18.5 Å². The molecular formula is C11H21NO2. The number of rotatable bonds is 3. The van der Waals surface area contributed by atoms with E-state index in [0.717, 1.165) is 5.92 Å². The van der Waals surface area contributed by atoms with Crippen LogP contribution in [0.15, 0.2) is 0 Å². The fourth-order valence-corrected chi connectivity index (χ4v) is 2.16. The van der Waals surface area contributed by atoms with Crippen molar-refractivity contribution in [1.29, 1.82) is 0 Å². The van der Waals surface area contributed by atoms with E-state index < -0.39 is 0 Å². The molecule has 0 bridgehead atoms. The summed E-state index contributed by atoms with van der Waals surface area (Å²) in [6.45, 7) is 4.90. The van der Waals surface area contributed by atoms with E-state index >= 15 is 0 Å². The van der Waals surface area contributed by atoms with Gasteiger partial charge in [0.15, 0.2) is 0 Å². The Morgan fingerprint density at radius 2 is 2.14 bits per heavy atom. The molecule has 0 aromatic heterocycles. The molecule has 3 heteroatoms. The average Bonchev–Trinajstić information content (AvgIpc) is 2.20. The van der Waals surface area contributed by atoms with Crippen molar-refractivity contribution >= 4 is 5.97 Å². The molecular weight excluding hydrogens is 178 g/mol. The Hall–Kier alpha value is -0.570. The molecule has 82 valence electrons. The first-order valence-electron chi connectivity index (χ1n) is 5.45. The summed E-state index contributed by atoms with van der Waals surface area (Å²) >= 11 is 0. The topological polar surface area (TPSA) is 38.3 Å². The minimum absolute atomic E-state index is 0.171. The smallest absolute Gasteiger partial charge is 0.319 e. The van der Waals surface area contributed by atoms with Crippen LogP contribution in [0.4, 0.5) is 0 Å². The van der Waals surface area contributed by atoms with Gasteiger partial charge in [0.1, 0.15) is 0 Å². The molecule has 0 radical (unpaired) electrons. The summed E-state index contributed by atoms with van der Waals surface area (Å²) in [5.41, 5.74) is 0. The lowest BCUT2D eigenvalue weighted by Crippen LogP contribution is -2.43. The molecule has 0 aliphatic heterocycles. The Morgan fingerprint density at radius 3 is 2.79 bits per heavy atom. The van der Waals surface area contributed by atoms with Crippen LogP contribution in [0.1, 0.15) is 33.1 Å². The maximum absolute atomic E-state index is 11.0. The minimum atomic E-state index is -0.171. The predicted molar refractivity (Wildman–Crippen MR) is 56.0 cm³/mol. The second-order valence-corrected chi connectivity index (χ2v) is 4.33. The van der Waals surface area contributed by atoms with Crippen molar-refractivity contribution in [2.24, 2.45) is 11.8 Å². The lowest BCUT2D eigenvalue weighted by molar-refractivity contribution is -0.139. The zero-order valence-electron chi connectivity index (χ0n) is 9.38. The van der Waals surface area contributed by atoms with Crippen molar-refractivity contribution in [1.82, 2.24) is 5.32 Å². The number of carbonyl (C=O) groups excluding carboxylic acids is 1. The monoisotopic (exact) mass is 199 g/mol. The number of esters is 1. The number of methoxy groups -OCH3 is 1. The zero-order valence-corrected chi connectivity index (χ0v) is 9.38. The van der Waals surface area contributed by atoms with Gasteiger partial charge in [0.25, 0.3) is 0 Å². The van der Waals surface area contributed by atoms with E-state index in [-0.39, 0.29) is 5.97 Å². The zero-order chi connectivity index (χ0) is 10.6. The Bertz CT molecular complexity index is 194. The van der Waals surface area contributed by atoms with Crippen LogP contribution in [-0.4, -0.2) is 25.7 Å². The summed E-state index contributed by atoms with van der Waals surface area (Å²) in [5.74, 6) is 1.25. The fraction of sp³-hybridized carbons (Fsp3) is 0.909. The van der Waals surface area contributed by atoms with Crippen molar-refractivity contribution in [2.45, 2.75) is 39.2 Å². The van der Waals surface area contributed by atoms with Gasteiger partial charge in [-0.15, -0.1) is 0 Å². The lowest BCUT2D eigenvalue weighted by Gasteiger charge is -2.34. The first-order chi connectivity index (χ1) is 6.65. The summed E-state index contributed by atoms with van der Waals surface area (Å²) in [6.07, 6.45) is 3.77. The van der Waals surface area contributed by atoms with E-state index in [1.165, 1.54) is 26.4 Å². The van der Waals surface area contributed by atoms with Gasteiger partial charge in [-0.1, -0.05) is 26.7 Å². The largest absolute Gasteiger partial charge is 0.468 e. The summed E-state index contributed by atoms with van der Waals surface area (Å²) in [5, 5.41) is 3.28. The first-order valence-corrected chi connectivity index (χ1v) is 5.45. The number of hydrogen-bond donors (Lipinski definition) is 1. The van der Waals surface area contributed by atoms with Gasteiger partial charge in [0.2, 0.25) is 0 Å². The van der Waals surface area contributed by atoms with E-state index in [9.17, 15) is 4.79 Å². The Morgan fingerprint density at radius 1 is 1.43 bits per heavy atom. The van der Waals surface area contributed by atoms with Crippen molar-refractivity contribution in [2.75, 3.05) is 13.7 Å². The maximum atomic E-state index is 11.0. The lowest BCUT2D eigenvalue weighted by atomic mass is 9.78. The maximum Gasteiger partial charge on any atom is 0.319 e. The SMILES string of the molecule is COC(=O)CNC1CCCC(C)C1C. The van der Waals surface area contributed by atoms with Gasteiger partial charge in [0.05, 0.1) is 13.7 Å². The average molecular weight is 199 g/mol. The van der Waals surface area contributed by atoms with Crippen LogP contribution in [0, 0.1) is 11.8 Å². The van der Waals surface area contributed by atoms with Crippen LogP contribution in [0.5, 0.6) is 0 Å². The highest BCUT2D eigenvalue weighted by Crippen LogP contribution is 2.29. The molecule has 1 fully saturated rings. The quantitative estimate of drug-likeness (QED) is 0.701. The van der Waals surface area contributed by atoms with Crippen molar-refractivity contribution in [3.63, 3.8) is 0 Å². The molecule has 0 spiro atoms. The number of carbonyl (C=O) groups is 1. The summed E-state index contributed by atoms with van der Waals surface area (Å²) in [6, 6.07) is 0.484. The number of ether oxygens (including phenoxy) is 1. The Balaban J connectivity index is 2.32. The van der Waals surface area contributed by atoms with E-state index in [1.807, 2.05) is 0 Å². The molecule has 1 saturated carbocycles. The van der Waals surface area contributed by atoms with E-state index in [1.54, 1.807) is 0 Å². The third-order valence-corrected chi connectivity index (χ3v) is 3.44. The fourth-order valence-electron chi connectivity index (χ4n) is 2.16. The second kappa shape index (κ2) is 5.35. The van der Waals surface area contributed by atoms with Gasteiger partial charge < -0.3 is 10.1 Å². The molecule has 0 aromatic rings. The van der Waals surface area contributed by atoms with E-state index in [4.69, 9.17) is 0 Å². The number of nitrogens with one attached hydrogen (secondary N) is 1. The molecule has 0 amide bonds. The van der Waals surface area contributed by atoms with Crippen LogP contribution in [0.2, 0.25) is 0 Å².